The van der Waals surface area contributed by atoms with Gasteiger partial charge in [0.05, 0.1) is 39.3 Å². The Hall–Kier alpha value is -2.06. The van der Waals surface area contributed by atoms with E-state index in [2.05, 4.69) is 46.8 Å². The topological polar surface area (TPSA) is 74.4 Å². The molecule has 2 aliphatic rings. The molecule has 1 saturated heterocycles. The zero-order valence-corrected chi connectivity index (χ0v) is 22.5. The number of aliphatic hydroxyl groups is 2. The number of aliphatic hydroxyl groups excluding tert-OH is 1. The number of thiol groups is 1. The lowest BCUT2D eigenvalue weighted by molar-refractivity contribution is -0.0697. The van der Waals surface area contributed by atoms with Gasteiger partial charge in [0, 0.05) is 49.1 Å². The van der Waals surface area contributed by atoms with Crippen molar-refractivity contribution in [1.29, 1.82) is 0 Å². The average molecular weight is 528 g/mol. The van der Waals surface area contributed by atoms with Gasteiger partial charge in [0.15, 0.2) is 0 Å². The molecule has 1 aliphatic carbocycles. The summed E-state index contributed by atoms with van der Waals surface area (Å²) in [6.07, 6.45) is 6.18. The number of nitrogens with zero attached hydrogens (tertiary/aromatic N) is 4. The van der Waals surface area contributed by atoms with E-state index in [0.717, 1.165) is 55.0 Å². The molecular weight excluding hydrogens is 490 g/mol. The van der Waals surface area contributed by atoms with Crippen LogP contribution in [-0.4, -0.2) is 70.9 Å². The van der Waals surface area contributed by atoms with E-state index < -0.39 is 10.1 Å². The van der Waals surface area contributed by atoms with E-state index in [4.69, 9.17) is 20.8 Å². The first-order valence-corrected chi connectivity index (χ1v) is 13.5. The zero-order valence-electron chi connectivity index (χ0n) is 21.6. The van der Waals surface area contributed by atoms with Crippen molar-refractivity contribution in [2.75, 3.05) is 19.7 Å². The molecule has 1 unspecified atom stereocenters. The lowest BCUT2D eigenvalue weighted by Crippen LogP contribution is -2.47. The first-order chi connectivity index (χ1) is 17.5. The van der Waals surface area contributed by atoms with Crippen LogP contribution in [0.25, 0.3) is 22.5 Å². The highest BCUT2D eigenvalue weighted by atomic mass is 32.1. The van der Waals surface area contributed by atoms with Crippen LogP contribution in [0.4, 0.5) is 0 Å². The van der Waals surface area contributed by atoms with Gasteiger partial charge in [0.1, 0.15) is 0 Å². The number of aromatic nitrogens is 3. The number of piperidine rings is 1. The minimum Gasteiger partial charge on any atom is -0.393 e. The van der Waals surface area contributed by atoms with Gasteiger partial charge >= 0.3 is 0 Å². The van der Waals surface area contributed by atoms with Crippen LogP contribution in [0, 0.1) is 5.92 Å². The third-order valence-electron chi connectivity index (χ3n) is 7.91. The molecule has 9 heteroatoms. The van der Waals surface area contributed by atoms with E-state index in [-0.39, 0.29) is 20.0 Å². The maximum Gasteiger partial charge on any atom is 0.0929 e. The first-order valence-electron chi connectivity index (χ1n) is 13.0. The van der Waals surface area contributed by atoms with Crippen LogP contribution >= 0.6 is 12.6 Å². The number of hydrogen-bond acceptors (Lipinski definition) is 6. The van der Waals surface area contributed by atoms with E-state index in [0.29, 0.717) is 11.6 Å². The highest BCUT2D eigenvalue weighted by Gasteiger charge is 2.35. The van der Waals surface area contributed by atoms with Crippen molar-refractivity contribution in [3.63, 3.8) is 0 Å². The quantitative estimate of drug-likeness (QED) is 0.305. The maximum absolute atomic E-state index is 10.6. The molecule has 0 amide bonds. The molecule has 0 spiro atoms. The number of rotatable bonds is 8. The fourth-order valence-corrected chi connectivity index (χ4v) is 5.54. The summed E-state index contributed by atoms with van der Waals surface area (Å²) >= 11 is 4.19. The molecule has 6 nitrogen and oxygen atoms in total. The van der Waals surface area contributed by atoms with Gasteiger partial charge in [-0.3, -0.25) is 14.6 Å². The molecule has 3 heterocycles. The number of aryl methyl sites for hydroxylation is 1. The Bertz CT molecular complexity index is 1250. The summed E-state index contributed by atoms with van der Waals surface area (Å²) < 4.78 is 0.597. The van der Waals surface area contributed by atoms with Crippen LogP contribution in [0.5, 0.6) is 0 Å². The molecule has 3 aromatic rings. The van der Waals surface area contributed by atoms with E-state index in [1.165, 1.54) is 24.0 Å². The molecule has 1 aromatic carbocycles. The third-order valence-corrected chi connectivity index (χ3v) is 8.14. The Balaban J connectivity index is 0.00000336. The molecule has 2 aromatic heterocycles. The lowest BCUT2D eigenvalue weighted by atomic mass is 9.67. The van der Waals surface area contributed by atoms with Crippen LogP contribution in [0.1, 0.15) is 62.8 Å². The fraction of sp³-hybridized carbons (Fsp3) is 0.517. The zero-order chi connectivity index (χ0) is 26.4. The van der Waals surface area contributed by atoms with E-state index >= 15 is 0 Å². The predicted molar refractivity (Wildman–Crippen MR) is 158 cm³/mol. The van der Waals surface area contributed by atoms with Crippen LogP contribution in [0.15, 0.2) is 42.6 Å². The third kappa shape index (κ3) is 6.22. The lowest BCUT2D eigenvalue weighted by Gasteiger charge is -2.39. The number of benzene rings is 1. The van der Waals surface area contributed by atoms with E-state index in [9.17, 15) is 10.2 Å². The Labute approximate surface area is 235 Å². The molecule has 1 aliphatic heterocycles. The first kappa shape index (κ1) is 28.9. The van der Waals surface area contributed by atoms with Gasteiger partial charge in [-0.1, -0.05) is 19.6 Å². The summed E-state index contributed by atoms with van der Waals surface area (Å²) in [6, 6.07) is 12.5. The van der Waals surface area contributed by atoms with E-state index in [1.807, 2.05) is 17.8 Å². The minimum atomic E-state index is -1.27. The number of pyridine rings is 1. The minimum absolute atomic E-state index is 0. The van der Waals surface area contributed by atoms with Crippen LogP contribution < -0.4 is 0 Å². The van der Waals surface area contributed by atoms with Gasteiger partial charge in [-0.25, -0.2) is 0 Å². The summed E-state index contributed by atoms with van der Waals surface area (Å²) in [6.45, 7) is 4.24. The van der Waals surface area contributed by atoms with Crippen molar-refractivity contribution >= 4 is 28.3 Å². The summed E-state index contributed by atoms with van der Waals surface area (Å²) in [5, 5.41) is 25.0. The molecular formula is C29H38B2N4O2S. The normalized spacial score (nSPS) is 20.1. The smallest absolute Gasteiger partial charge is 0.0929 e. The summed E-state index contributed by atoms with van der Waals surface area (Å²) in [5.41, 5.74) is 6.15. The second-order valence-corrected chi connectivity index (χ2v) is 11.8. The second kappa shape index (κ2) is 11.2. The van der Waals surface area contributed by atoms with Gasteiger partial charge in [-0.15, -0.1) is 0 Å². The van der Waals surface area contributed by atoms with Crippen molar-refractivity contribution in [2.45, 2.75) is 62.6 Å². The van der Waals surface area contributed by atoms with Gasteiger partial charge in [0.2, 0.25) is 0 Å². The molecule has 2 atom stereocenters. The number of hydrogen-bond donors (Lipinski definition) is 3. The van der Waals surface area contributed by atoms with Crippen molar-refractivity contribution in [3.05, 3.63) is 59.4 Å². The summed E-state index contributed by atoms with van der Waals surface area (Å²) in [5.74, 6) is 0.689. The molecule has 2 fully saturated rings. The summed E-state index contributed by atoms with van der Waals surface area (Å²) in [7, 11) is 13.6. The molecule has 38 heavy (non-hydrogen) atoms. The Morgan fingerprint density at radius 2 is 1.84 bits per heavy atom. The molecule has 5 rings (SSSR count). The fourth-order valence-electron chi connectivity index (χ4n) is 5.41. The molecule has 198 valence electrons. The Morgan fingerprint density at radius 1 is 1.11 bits per heavy atom. The van der Waals surface area contributed by atoms with E-state index in [1.54, 1.807) is 19.2 Å². The maximum atomic E-state index is 10.6. The van der Waals surface area contributed by atoms with Crippen molar-refractivity contribution in [2.24, 2.45) is 13.0 Å². The predicted octanol–water partition coefficient (Wildman–Crippen LogP) is 4.00. The monoisotopic (exact) mass is 528 g/mol. The van der Waals surface area contributed by atoms with Crippen LogP contribution in [0.2, 0.25) is 0 Å². The summed E-state index contributed by atoms with van der Waals surface area (Å²) in [4.78, 5) is 6.81. The molecule has 0 bridgehead atoms. The van der Waals surface area contributed by atoms with Gasteiger partial charge in [0.25, 0.3) is 0 Å². The average Bonchev–Trinajstić information content (AvgIpc) is 3.65. The van der Waals surface area contributed by atoms with Gasteiger partial charge < -0.3 is 10.2 Å². The van der Waals surface area contributed by atoms with Crippen molar-refractivity contribution in [1.82, 2.24) is 19.7 Å². The van der Waals surface area contributed by atoms with Gasteiger partial charge in [-0.2, -0.15) is 17.7 Å². The van der Waals surface area contributed by atoms with Crippen LogP contribution in [0.3, 0.4) is 0 Å². The highest BCUT2D eigenvalue weighted by molar-refractivity contribution is 7.84. The molecule has 4 radical (unpaired) electrons. The Kier molecular flexibility index (Phi) is 8.53. The Morgan fingerprint density at radius 3 is 2.47 bits per heavy atom. The standard InChI is InChI=1S/C28H34B2N4O2S.CH4/c1-27(36,17-35)22-4-3-11-34(16-22)15-21-8-7-19(12-23(21)18-5-6-18)24-13-25(33(2)32-24)20-9-10-26(31-14-20)28(29,30)37;/h7-10,12-14,18,22,35-37H,3-6,11,15-17H2,1-2H3;1H4/t22?,27-;/m1./s1. The van der Waals surface area contributed by atoms with Gasteiger partial charge in [-0.05, 0) is 85.0 Å². The SMILES string of the molecule is C.[B]C([B])(S)c1ccc(-c2cc(-c3ccc(CN4CCCC([C@](C)(O)CO)C4)c(C4CC4)c3)nn2C)cn1. The largest absolute Gasteiger partial charge is 0.393 e. The van der Waals surface area contributed by atoms with Crippen molar-refractivity contribution in [3.8, 4) is 22.5 Å². The second-order valence-electron chi connectivity index (χ2n) is 11.1. The molecule has 2 N–H and O–H groups in total. The molecule has 1 saturated carbocycles. The number of likely N-dealkylation sites (tertiary alicyclic amines) is 1. The van der Waals surface area contributed by atoms with Crippen molar-refractivity contribution < 1.29 is 10.2 Å². The van der Waals surface area contributed by atoms with Crippen LogP contribution in [-0.2, 0) is 18.1 Å². The highest BCUT2D eigenvalue weighted by Crippen LogP contribution is 2.43.